The van der Waals surface area contributed by atoms with E-state index in [0.717, 1.165) is 0 Å². The Morgan fingerprint density at radius 3 is 3.08 bits per heavy atom. The van der Waals surface area contributed by atoms with E-state index in [2.05, 4.69) is 5.32 Å². The van der Waals surface area contributed by atoms with Crippen LogP contribution >= 0.6 is 0 Å². The van der Waals surface area contributed by atoms with E-state index >= 15 is 0 Å². The molecular formula is C8H6NO3. The van der Waals surface area contributed by atoms with E-state index in [9.17, 15) is 4.79 Å². The minimum atomic E-state index is -0.571. The summed E-state index contributed by atoms with van der Waals surface area (Å²) in [5.41, 5.74) is 0.527. The van der Waals surface area contributed by atoms with Crippen LogP contribution in [0.2, 0.25) is 0 Å². The molecule has 1 aliphatic heterocycles. The molecule has 1 aromatic rings. The van der Waals surface area contributed by atoms with Crippen molar-refractivity contribution in [3.8, 4) is 11.5 Å². The Labute approximate surface area is 69.1 Å². The van der Waals surface area contributed by atoms with Gasteiger partial charge in [-0.1, -0.05) is 0 Å². The van der Waals surface area contributed by atoms with Gasteiger partial charge in [-0.3, -0.25) is 0 Å². The average molecular weight is 164 g/mol. The third-order valence-electron chi connectivity index (χ3n) is 1.58. The number of fused-ring (bicyclic) bond motifs is 1. The molecular weight excluding hydrogens is 158 g/mol. The van der Waals surface area contributed by atoms with E-state index in [0.29, 0.717) is 17.2 Å². The zero-order valence-corrected chi connectivity index (χ0v) is 6.40. The molecule has 61 valence electrons. The number of hydrogen-bond acceptors (Lipinski definition) is 3. The molecule has 0 spiro atoms. The molecule has 0 saturated heterocycles. The molecule has 0 saturated carbocycles. The second-order valence-electron chi connectivity index (χ2n) is 2.31. The summed E-state index contributed by atoms with van der Waals surface area (Å²) >= 11 is 0. The highest BCUT2D eigenvalue weighted by Crippen LogP contribution is 2.33. The van der Waals surface area contributed by atoms with Crippen LogP contribution in [0.1, 0.15) is 0 Å². The molecule has 4 nitrogen and oxygen atoms in total. The van der Waals surface area contributed by atoms with Gasteiger partial charge < -0.3 is 9.47 Å². The summed E-state index contributed by atoms with van der Waals surface area (Å²) < 4.78 is 9.69. The van der Waals surface area contributed by atoms with Gasteiger partial charge in [0.2, 0.25) is 0 Å². The number of carbonyl (C=O) groups is 1. The lowest BCUT2D eigenvalue weighted by Crippen LogP contribution is -2.05. The van der Waals surface area contributed by atoms with E-state index in [1.807, 2.05) is 0 Å². The number of nitrogens with zero attached hydrogens (tertiary/aromatic N) is 1. The Balaban J connectivity index is 2.41. The standard InChI is InChI=1S/C8H6NO3/c1-11-5-2-3-7-6(4-5)9-8(10)12-7/h2-4H,1H3. The number of amides is 1. The fourth-order valence-corrected chi connectivity index (χ4v) is 1.01. The molecule has 2 rings (SSSR count). The largest absolute Gasteiger partial charge is 0.497 e. The highest BCUT2D eigenvalue weighted by atomic mass is 16.6. The minimum Gasteiger partial charge on any atom is -0.497 e. The first-order chi connectivity index (χ1) is 5.79. The molecule has 1 radical (unpaired) electrons. The van der Waals surface area contributed by atoms with E-state index in [4.69, 9.17) is 9.47 Å². The Hall–Kier alpha value is -1.71. The predicted molar refractivity (Wildman–Crippen MR) is 40.8 cm³/mol. The van der Waals surface area contributed by atoms with Gasteiger partial charge in [0.15, 0.2) is 5.75 Å². The molecule has 0 atom stereocenters. The molecule has 1 aliphatic rings. The SMILES string of the molecule is COc1ccc2c(c1)[N]C(=O)O2. The highest BCUT2D eigenvalue weighted by molar-refractivity contribution is 5.84. The molecule has 0 aliphatic carbocycles. The van der Waals surface area contributed by atoms with Gasteiger partial charge in [-0.15, -0.1) is 0 Å². The molecule has 1 amide bonds. The Morgan fingerprint density at radius 1 is 1.50 bits per heavy atom. The Bertz CT molecular complexity index is 335. The van der Waals surface area contributed by atoms with Crippen LogP contribution in [0.3, 0.4) is 0 Å². The van der Waals surface area contributed by atoms with Crippen LogP contribution in [-0.2, 0) is 0 Å². The Morgan fingerprint density at radius 2 is 2.33 bits per heavy atom. The summed E-state index contributed by atoms with van der Waals surface area (Å²) in [6, 6.07) is 5.02. The van der Waals surface area contributed by atoms with Crippen molar-refractivity contribution in [2.24, 2.45) is 0 Å². The van der Waals surface area contributed by atoms with Crippen LogP contribution in [0.4, 0.5) is 10.5 Å². The predicted octanol–water partition coefficient (Wildman–Crippen LogP) is 1.44. The van der Waals surface area contributed by atoms with Crippen molar-refractivity contribution < 1.29 is 14.3 Å². The van der Waals surface area contributed by atoms with E-state index in [1.165, 1.54) is 0 Å². The summed E-state index contributed by atoms with van der Waals surface area (Å²) in [6.07, 6.45) is -0.571. The number of benzene rings is 1. The number of hydrogen-bond donors (Lipinski definition) is 0. The summed E-state index contributed by atoms with van der Waals surface area (Å²) in [7, 11) is 1.55. The van der Waals surface area contributed by atoms with Crippen LogP contribution in [0, 0.1) is 0 Å². The van der Waals surface area contributed by atoms with Gasteiger partial charge in [-0.05, 0) is 12.1 Å². The van der Waals surface area contributed by atoms with Gasteiger partial charge in [0, 0.05) is 6.07 Å². The zero-order chi connectivity index (χ0) is 8.55. The number of rotatable bonds is 1. The monoisotopic (exact) mass is 164 g/mol. The van der Waals surface area contributed by atoms with Crippen molar-refractivity contribution in [1.29, 1.82) is 0 Å². The summed E-state index contributed by atoms with van der Waals surface area (Å²) in [6.45, 7) is 0. The van der Waals surface area contributed by atoms with E-state index < -0.39 is 6.09 Å². The van der Waals surface area contributed by atoms with Crippen molar-refractivity contribution in [3.05, 3.63) is 18.2 Å². The normalized spacial score (nSPS) is 13.2. The topological polar surface area (TPSA) is 49.6 Å². The third kappa shape index (κ3) is 0.972. The third-order valence-corrected chi connectivity index (χ3v) is 1.58. The first-order valence-electron chi connectivity index (χ1n) is 3.41. The van der Waals surface area contributed by atoms with Gasteiger partial charge in [0.1, 0.15) is 11.4 Å². The maximum atomic E-state index is 10.7. The lowest BCUT2D eigenvalue weighted by molar-refractivity contribution is 0.211. The van der Waals surface area contributed by atoms with E-state index in [1.54, 1.807) is 25.3 Å². The molecule has 0 fully saturated rings. The number of ether oxygens (including phenoxy) is 2. The van der Waals surface area contributed by atoms with Gasteiger partial charge >= 0.3 is 6.09 Å². The van der Waals surface area contributed by atoms with Gasteiger partial charge in [0.05, 0.1) is 7.11 Å². The van der Waals surface area contributed by atoms with Crippen molar-refractivity contribution in [1.82, 2.24) is 5.32 Å². The van der Waals surface area contributed by atoms with Gasteiger partial charge in [0.25, 0.3) is 0 Å². The first-order valence-corrected chi connectivity index (χ1v) is 3.41. The summed E-state index contributed by atoms with van der Waals surface area (Å²) in [4.78, 5) is 10.7. The maximum Gasteiger partial charge on any atom is 0.439 e. The molecule has 0 N–H and O–H groups in total. The van der Waals surface area contributed by atoms with Gasteiger partial charge in [-0.2, -0.15) is 5.32 Å². The smallest absolute Gasteiger partial charge is 0.439 e. The van der Waals surface area contributed by atoms with Crippen LogP contribution in [-0.4, -0.2) is 13.2 Å². The second-order valence-corrected chi connectivity index (χ2v) is 2.31. The summed E-state index contributed by atoms with van der Waals surface area (Å²) in [5.74, 6) is 1.15. The molecule has 0 aromatic heterocycles. The first kappa shape index (κ1) is 6.97. The van der Waals surface area contributed by atoms with Crippen molar-refractivity contribution in [3.63, 3.8) is 0 Å². The highest BCUT2D eigenvalue weighted by Gasteiger charge is 2.21. The quantitative estimate of drug-likeness (QED) is 0.631. The van der Waals surface area contributed by atoms with Crippen LogP contribution in [0.5, 0.6) is 11.5 Å². The second kappa shape index (κ2) is 2.41. The number of carbonyl (C=O) groups excluding carboxylic acids is 1. The molecule has 1 aromatic carbocycles. The lowest BCUT2D eigenvalue weighted by Gasteiger charge is -1.99. The van der Waals surface area contributed by atoms with Crippen LogP contribution in [0.25, 0.3) is 0 Å². The average Bonchev–Trinajstić information content (AvgIpc) is 2.43. The molecule has 4 heteroatoms. The maximum absolute atomic E-state index is 10.7. The molecule has 12 heavy (non-hydrogen) atoms. The number of methoxy groups -OCH3 is 1. The van der Waals surface area contributed by atoms with Crippen molar-refractivity contribution in [2.75, 3.05) is 7.11 Å². The van der Waals surface area contributed by atoms with Crippen molar-refractivity contribution in [2.45, 2.75) is 0 Å². The van der Waals surface area contributed by atoms with Crippen LogP contribution in [0.15, 0.2) is 18.2 Å². The Kier molecular flexibility index (Phi) is 1.40. The summed E-state index contributed by atoms with van der Waals surface area (Å²) in [5, 5.41) is 3.62. The van der Waals surface area contributed by atoms with Gasteiger partial charge in [-0.25, -0.2) is 4.79 Å². The molecule has 0 bridgehead atoms. The molecule has 1 heterocycles. The molecule has 0 unspecified atom stereocenters. The van der Waals surface area contributed by atoms with Crippen molar-refractivity contribution >= 4 is 11.8 Å². The fraction of sp³-hybridized carbons (Fsp3) is 0.125. The minimum absolute atomic E-state index is 0.487. The zero-order valence-electron chi connectivity index (χ0n) is 6.40. The van der Waals surface area contributed by atoms with E-state index in [-0.39, 0.29) is 0 Å². The van der Waals surface area contributed by atoms with Crippen LogP contribution < -0.4 is 14.8 Å². The fourth-order valence-electron chi connectivity index (χ4n) is 1.01. The lowest BCUT2D eigenvalue weighted by atomic mass is 10.3.